The fourth-order valence-electron chi connectivity index (χ4n) is 2.45. The molecule has 0 radical (unpaired) electrons. The Morgan fingerprint density at radius 3 is 2.61 bits per heavy atom. The summed E-state index contributed by atoms with van der Waals surface area (Å²) in [6.07, 6.45) is 4.93. The Balaban J connectivity index is 1.88. The lowest BCUT2D eigenvalue weighted by atomic mass is 9.84. The average molecular weight is 265 g/mol. The number of ketones is 2. The van der Waals surface area contributed by atoms with Gasteiger partial charge in [-0.05, 0) is 43.5 Å². The Morgan fingerprint density at radius 2 is 1.94 bits per heavy atom. The lowest BCUT2D eigenvalue weighted by Crippen LogP contribution is -2.19. The molecule has 0 saturated heterocycles. The second kappa shape index (κ2) is 6.14. The SMILES string of the molecule is O=C(CCC1CCCCC1=O)c1ccc(Cl)cc1. The topological polar surface area (TPSA) is 34.1 Å². The third-order valence-corrected chi connectivity index (χ3v) is 3.82. The Kier molecular flexibility index (Phi) is 4.54. The van der Waals surface area contributed by atoms with E-state index < -0.39 is 0 Å². The fourth-order valence-corrected chi connectivity index (χ4v) is 2.57. The molecule has 1 aromatic rings. The summed E-state index contributed by atoms with van der Waals surface area (Å²) >= 11 is 5.78. The van der Waals surface area contributed by atoms with Crippen molar-refractivity contribution in [2.75, 3.05) is 0 Å². The monoisotopic (exact) mass is 264 g/mol. The van der Waals surface area contributed by atoms with Gasteiger partial charge in [0.15, 0.2) is 5.78 Å². The Bertz CT molecular complexity index is 436. The zero-order valence-corrected chi connectivity index (χ0v) is 11.1. The molecule has 96 valence electrons. The number of carbonyl (C=O) groups is 2. The molecule has 1 aromatic carbocycles. The molecule has 1 unspecified atom stereocenters. The molecule has 0 bridgehead atoms. The van der Waals surface area contributed by atoms with Crippen LogP contribution in [0.4, 0.5) is 0 Å². The molecule has 3 heteroatoms. The number of hydrogen-bond donors (Lipinski definition) is 0. The first-order valence-corrected chi connectivity index (χ1v) is 6.86. The molecule has 18 heavy (non-hydrogen) atoms. The Morgan fingerprint density at radius 1 is 1.22 bits per heavy atom. The minimum Gasteiger partial charge on any atom is -0.299 e. The van der Waals surface area contributed by atoms with Gasteiger partial charge in [0, 0.05) is 29.3 Å². The molecule has 1 aliphatic carbocycles. The van der Waals surface area contributed by atoms with Crippen LogP contribution in [0.3, 0.4) is 0 Å². The minimum absolute atomic E-state index is 0.102. The molecular weight excluding hydrogens is 248 g/mol. The molecule has 1 atom stereocenters. The van der Waals surface area contributed by atoms with E-state index in [9.17, 15) is 9.59 Å². The van der Waals surface area contributed by atoms with Gasteiger partial charge in [-0.1, -0.05) is 18.0 Å². The first kappa shape index (κ1) is 13.3. The summed E-state index contributed by atoms with van der Waals surface area (Å²) in [5.74, 6) is 0.546. The summed E-state index contributed by atoms with van der Waals surface area (Å²) < 4.78 is 0. The molecule has 2 rings (SSSR count). The van der Waals surface area contributed by atoms with Crippen molar-refractivity contribution in [3.8, 4) is 0 Å². The summed E-state index contributed by atoms with van der Waals surface area (Å²) in [5, 5.41) is 0.633. The van der Waals surface area contributed by atoms with Crippen LogP contribution in [-0.2, 0) is 4.79 Å². The number of hydrogen-bond acceptors (Lipinski definition) is 2. The van der Waals surface area contributed by atoms with Gasteiger partial charge in [-0.2, -0.15) is 0 Å². The maximum absolute atomic E-state index is 12.0. The van der Waals surface area contributed by atoms with Gasteiger partial charge in [-0.25, -0.2) is 0 Å². The van der Waals surface area contributed by atoms with Crippen molar-refractivity contribution in [3.63, 3.8) is 0 Å². The normalized spacial score (nSPS) is 19.8. The summed E-state index contributed by atoms with van der Waals surface area (Å²) in [7, 11) is 0. The molecule has 0 aromatic heterocycles. The molecule has 0 spiro atoms. The largest absolute Gasteiger partial charge is 0.299 e. The highest BCUT2D eigenvalue weighted by molar-refractivity contribution is 6.30. The lowest BCUT2D eigenvalue weighted by Gasteiger charge is -2.19. The maximum atomic E-state index is 12.0. The molecule has 2 nitrogen and oxygen atoms in total. The van der Waals surface area contributed by atoms with Crippen LogP contribution in [0.15, 0.2) is 24.3 Å². The van der Waals surface area contributed by atoms with Crippen LogP contribution in [0.5, 0.6) is 0 Å². The molecule has 0 heterocycles. The van der Waals surface area contributed by atoms with Crippen molar-refractivity contribution in [2.24, 2.45) is 5.92 Å². The van der Waals surface area contributed by atoms with Crippen LogP contribution in [0.25, 0.3) is 0 Å². The van der Waals surface area contributed by atoms with Crippen LogP contribution in [0.2, 0.25) is 5.02 Å². The van der Waals surface area contributed by atoms with Crippen LogP contribution < -0.4 is 0 Å². The Hall–Kier alpha value is -1.15. The number of carbonyl (C=O) groups excluding carboxylic acids is 2. The van der Waals surface area contributed by atoms with E-state index in [1.54, 1.807) is 24.3 Å². The number of benzene rings is 1. The van der Waals surface area contributed by atoms with Crippen molar-refractivity contribution in [3.05, 3.63) is 34.9 Å². The number of rotatable bonds is 4. The van der Waals surface area contributed by atoms with Gasteiger partial charge in [-0.15, -0.1) is 0 Å². The van der Waals surface area contributed by atoms with Crippen molar-refractivity contribution in [2.45, 2.75) is 38.5 Å². The van der Waals surface area contributed by atoms with E-state index in [4.69, 9.17) is 11.6 Å². The highest BCUT2D eigenvalue weighted by atomic mass is 35.5. The lowest BCUT2D eigenvalue weighted by molar-refractivity contribution is -0.124. The van der Waals surface area contributed by atoms with Gasteiger partial charge in [-0.3, -0.25) is 9.59 Å². The van der Waals surface area contributed by atoms with Crippen molar-refractivity contribution < 1.29 is 9.59 Å². The van der Waals surface area contributed by atoms with Gasteiger partial charge >= 0.3 is 0 Å². The summed E-state index contributed by atoms with van der Waals surface area (Å²) in [6, 6.07) is 6.93. The zero-order chi connectivity index (χ0) is 13.0. The van der Waals surface area contributed by atoms with Gasteiger partial charge in [0.2, 0.25) is 0 Å². The quantitative estimate of drug-likeness (QED) is 0.769. The third-order valence-electron chi connectivity index (χ3n) is 3.57. The minimum atomic E-state index is 0.102. The van der Waals surface area contributed by atoms with E-state index in [1.807, 2.05) is 0 Å². The van der Waals surface area contributed by atoms with Crippen molar-refractivity contribution in [1.82, 2.24) is 0 Å². The summed E-state index contributed by atoms with van der Waals surface area (Å²) in [4.78, 5) is 23.6. The summed E-state index contributed by atoms with van der Waals surface area (Å²) in [6.45, 7) is 0. The van der Waals surface area contributed by atoms with Crippen LogP contribution in [-0.4, -0.2) is 11.6 Å². The first-order chi connectivity index (χ1) is 8.66. The van der Waals surface area contributed by atoms with Crippen LogP contribution >= 0.6 is 11.6 Å². The highest BCUT2D eigenvalue weighted by Crippen LogP contribution is 2.25. The molecule has 1 fully saturated rings. The van der Waals surface area contributed by atoms with E-state index in [0.29, 0.717) is 35.6 Å². The molecule has 1 aliphatic rings. The molecule has 0 N–H and O–H groups in total. The van der Waals surface area contributed by atoms with Crippen LogP contribution in [0, 0.1) is 5.92 Å². The maximum Gasteiger partial charge on any atom is 0.162 e. The van der Waals surface area contributed by atoms with Gasteiger partial charge in [0.25, 0.3) is 0 Å². The predicted molar refractivity (Wildman–Crippen MR) is 72.0 cm³/mol. The van der Waals surface area contributed by atoms with E-state index in [0.717, 1.165) is 19.3 Å². The van der Waals surface area contributed by atoms with Gasteiger partial charge < -0.3 is 0 Å². The number of halogens is 1. The first-order valence-electron chi connectivity index (χ1n) is 6.48. The highest BCUT2D eigenvalue weighted by Gasteiger charge is 2.22. The smallest absolute Gasteiger partial charge is 0.162 e. The van der Waals surface area contributed by atoms with Gasteiger partial charge in [0.05, 0.1) is 0 Å². The number of Topliss-reactive ketones (excluding diaryl/α,β-unsaturated/α-hetero) is 2. The molecule has 0 aliphatic heterocycles. The van der Waals surface area contributed by atoms with E-state index in [-0.39, 0.29) is 11.7 Å². The van der Waals surface area contributed by atoms with E-state index >= 15 is 0 Å². The molecular formula is C15H17ClO2. The van der Waals surface area contributed by atoms with E-state index in [1.165, 1.54) is 0 Å². The fraction of sp³-hybridized carbons (Fsp3) is 0.467. The Labute approximate surface area is 112 Å². The third kappa shape index (κ3) is 3.42. The second-order valence-corrected chi connectivity index (χ2v) is 5.31. The van der Waals surface area contributed by atoms with E-state index in [2.05, 4.69) is 0 Å². The predicted octanol–water partition coefficient (Wildman–Crippen LogP) is 4.06. The van der Waals surface area contributed by atoms with Gasteiger partial charge in [0.1, 0.15) is 5.78 Å². The summed E-state index contributed by atoms with van der Waals surface area (Å²) in [5.41, 5.74) is 0.683. The zero-order valence-electron chi connectivity index (χ0n) is 10.3. The van der Waals surface area contributed by atoms with Crippen molar-refractivity contribution in [1.29, 1.82) is 0 Å². The second-order valence-electron chi connectivity index (χ2n) is 4.88. The average Bonchev–Trinajstić information content (AvgIpc) is 2.38. The van der Waals surface area contributed by atoms with Crippen molar-refractivity contribution >= 4 is 23.2 Å². The standard InChI is InChI=1S/C15H17ClO2/c16-13-8-5-12(6-9-13)15(18)10-7-11-3-1-2-4-14(11)17/h5-6,8-9,11H,1-4,7,10H2. The molecule has 1 saturated carbocycles. The van der Waals surface area contributed by atoms with Crippen LogP contribution in [0.1, 0.15) is 48.9 Å². The molecule has 0 amide bonds.